The highest BCUT2D eigenvalue weighted by Crippen LogP contribution is 2.11. The molecule has 0 aliphatic heterocycles. The molecule has 0 amide bonds. The number of carbonyl (C=O) groups is 5. The van der Waals surface area contributed by atoms with Crippen molar-refractivity contribution in [2.24, 2.45) is 0 Å². The van der Waals surface area contributed by atoms with E-state index >= 15 is 0 Å². The van der Waals surface area contributed by atoms with Crippen molar-refractivity contribution in [1.29, 1.82) is 0 Å². The number of hydrogen-bond acceptors (Lipinski definition) is 19. The molecular weight excluding hydrogens is 661 g/mol. The highest BCUT2D eigenvalue weighted by atomic mass is 35.5. The van der Waals surface area contributed by atoms with E-state index in [2.05, 4.69) is 39.4 Å². The van der Waals surface area contributed by atoms with E-state index in [1.807, 2.05) is 5.73 Å². The Bertz CT molecular complexity index is 1630. The molecule has 3 aromatic rings. The van der Waals surface area contributed by atoms with Gasteiger partial charge in [0.1, 0.15) is 0 Å². The Kier molecular flexibility index (Phi) is 12.4. The van der Waals surface area contributed by atoms with E-state index in [-0.39, 0.29) is 29.9 Å². The first kappa shape index (κ1) is 34.0. The lowest BCUT2D eigenvalue weighted by molar-refractivity contribution is -0.603. The van der Waals surface area contributed by atoms with Gasteiger partial charge in [-0.05, 0) is 33.7 Å². The summed E-state index contributed by atoms with van der Waals surface area (Å²) in [5.41, 5.74) is 3.46. The zero-order valence-electron chi connectivity index (χ0n) is 23.5. The maximum Gasteiger partial charge on any atom is 0.446 e. The Morgan fingerprint density at radius 3 is 1.73 bits per heavy atom. The van der Waals surface area contributed by atoms with Crippen LogP contribution in [-0.4, -0.2) is 120 Å². The van der Waals surface area contributed by atoms with Crippen LogP contribution in [0.15, 0.2) is 24.5 Å². The molecule has 0 radical (unpaired) electrons. The van der Waals surface area contributed by atoms with E-state index in [9.17, 15) is 29.1 Å². The summed E-state index contributed by atoms with van der Waals surface area (Å²) in [5.74, 6) is -8.96. The molecule has 0 spiro atoms. The molecule has 45 heavy (non-hydrogen) atoms. The van der Waals surface area contributed by atoms with Crippen molar-refractivity contribution in [2.75, 3.05) is 11.5 Å². The van der Waals surface area contributed by atoms with Crippen LogP contribution >= 0.6 is 11.6 Å². The van der Waals surface area contributed by atoms with E-state index in [1.54, 1.807) is 5.73 Å². The molecule has 25 heteroatoms. The summed E-state index contributed by atoms with van der Waals surface area (Å²) in [6, 6.07) is 1.27. The van der Waals surface area contributed by atoms with E-state index in [4.69, 9.17) is 45.1 Å². The summed E-state index contributed by atoms with van der Waals surface area (Å²) in [6.45, 7) is 0. The van der Waals surface area contributed by atoms with Crippen LogP contribution in [0.3, 0.4) is 0 Å². The maximum absolute atomic E-state index is 11.7. The van der Waals surface area contributed by atoms with Gasteiger partial charge < -0.3 is 69.1 Å². The number of nitrogen functional groups attached to an aromatic ring is 2. The number of nitrogens with zero attached hydrogens (tertiary/aromatic N) is 7. The number of carbonyl (C=O) groups excluding carboxylic acids is 2. The Labute approximate surface area is 261 Å². The number of aliphatic hydroxyl groups excluding tert-OH is 4. The van der Waals surface area contributed by atoms with Gasteiger partial charge in [-0.15, -0.1) is 4.98 Å². The van der Waals surface area contributed by atoms with Gasteiger partial charge in [0.2, 0.25) is 11.2 Å². The van der Waals surface area contributed by atoms with E-state index in [0.717, 1.165) is 10.8 Å². The van der Waals surface area contributed by atoms with Crippen LogP contribution in [0.2, 0.25) is 8.11 Å². The number of ether oxygens (including phenoxy) is 2. The average molecular weight is 682 g/mol. The fourth-order valence-electron chi connectivity index (χ4n) is 2.44. The van der Waals surface area contributed by atoms with Crippen LogP contribution in [0.1, 0.15) is 10.4 Å². The first-order valence-corrected chi connectivity index (χ1v) is 11.3. The van der Waals surface area contributed by atoms with Gasteiger partial charge in [0.15, 0.2) is 27.2 Å². The van der Waals surface area contributed by atoms with Gasteiger partial charge >= 0.3 is 53.8 Å². The molecule has 3 aromatic heterocycles. The third kappa shape index (κ3) is 11.0. The average Bonchev–Trinajstić information content (AvgIpc) is 3.02. The lowest BCUT2D eigenvalue weighted by atomic mass is 10.2. The van der Waals surface area contributed by atoms with Crippen molar-refractivity contribution < 1.29 is 89.0 Å². The standard InChI is InChI=1S/C13H11N5O8.C7H7ClN4O6.ClH/c14-11-15-12(18-3-1-2-5(4-18)8(21)22)17-13(16-11)26-10(25)7(20)6(19)9(23)24;8-5-10-6(9)12-7(11-5)18-4(17)2(14)1(13)3(15)16;/h1-4,6-7,19-20H,(H3-,14,15,16,17,21,22,23,24);1-2,13-14H,(H,15,16)(H2,9,10,11,12);1H/i/hD2. The smallest absolute Gasteiger partial charge is 0.446 e. The molecule has 0 aliphatic rings. The minimum atomic E-state index is -2.44. The molecule has 4 unspecified atom stereocenters. The van der Waals surface area contributed by atoms with Crippen molar-refractivity contribution in [3.63, 3.8) is 0 Å². The van der Waals surface area contributed by atoms with Gasteiger partial charge in [-0.3, -0.25) is 0 Å². The first-order chi connectivity index (χ1) is 21.6. The largest absolute Gasteiger partial charge is 1.00 e. The lowest BCUT2D eigenvalue weighted by Gasteiger charge is -2.11. The molecule has 0 aliphatic carbocycles. The van der Waals surface area contributed by atoms with Gasteiger partial charge in [-0.2, -0.15) is 15.0 Å². The molecule has 0 saturated carbocycles. The fourth-order valence-corrected chi connectivity index (χ4v) is 2.59. The van der Waals surface area contributed by atoms with Gasteiger partial charge in [-0.25, -0.2) is 28.5 Å². The molecule has 23 nitrogen and oxygen atoms in total. The number of anilines is 2. The Balaban J connectivity index is 0.000000488. The number of esters is 2. The molecule has 242 valence electrons. The van der Waals surface area contributed by atoms with E-state index in [0.29, 0.717) is 0 Å². The molecule has 11 N–H and O–H groups in total. The Morgan fingerprint density at radius 2 is 1.27 bits per heavy atom. The van der Waals surface area contributed by atoms with Crippen molar-refractivity contribution in [1.82, 2.24) is 29.9 Å². The summed E-state index contributed by atoms with van der Waals surface area (Å²) in [5, 5.41) is 62.2. The number of aromatic nitrogens is 7. The number of nitrogens with two attached hydrogens (primary N) is 2. The molecule has 3 heterocycles. The van der Waals surface area contributed by atoms with Crippen LogP contribution in [0.4, 0.5) is 11.9 Å². The number of rotatable bonds is 12. The Hall–Kier alpha value is -5.46. The van der Waals surface area contributed by atoms with Gasteiger partial charge in [0, 0.05) is 0 Å². The Morgan fingerprint density at radius 1 is 0.778 bits per heavy atom. The highest BCUT2D eigenvalue weighted by molar-refractivity contribution is 6.28. The van der Waals surface area contributed by atoms with Crippen LogP contribution < -0.4 is 37.9 Å². The van der Waals surface area contributed by atoms with Crippen molar-refractivity contribution in [3.8, 4) is 18.0 Å². The molecule has 0 bridgehead atoms. The molecule has 0 fully saturated rings. The number of carboxylic acid groups (broad SMARTS) is 3. The van der Waals surface area contributed by atoms with E-state index < -0.39 is 77.5 Å². The molecule has 0 saturated heterocycles. The number of aliphatic carboxylic acids is 2. The second-order valence-corrected chi connectivity index (χ2v) is 7.89. The first-order valence-electron chi connectivity index (χ1n) is 12.0. The molecular formula is C20H19Cl2N9O14. The molecule has 3 rings (SSSR count). The zero-order chi connectivity index (χ0) is 34.7. The van der Waals surface area contributed by atoms with Gasteiger partial charge in [0.25, 0.3) is 0 Å². The minimum Gasteiger partial charge on any atom is -1.00 e. The summed E-state index contributed by atoms with van der Waals surface area (Å²) < 4.78 is 24.0. The highest BCUT2D eigenvalue weighted by Gasteiger charge is 2.34. The zero-order valence-corrected chi connectivity index (χ0v) is 23.0. The summed E-state index contributed by atoms with van der Waals surface area (Å²) in [6.07, 6.45) is -7.05. The number of pyridine rings is 1. The predicted molar refractivity (Wildman–Crippen MR) is 133 cm³/mol. The monoisotopic (exact) mass is 681 g/mol. The number of halogens is 2. The van der Waals surface area contributed by atoms with Crippen molar-refractivity contribution >= 4 is 53.3 Å². The lowest BCUT2D eigenvalue weighted by Crippen LogP contribution is -3.00. The third-order valence-electron chi connectivity index (χ3n) is 4.44. The van der Waals surface area contributed by atoms with Crippen LogP contribution in [0.5, 0.6) is 12.0 Å². The maximum atomic E-state index is 11.7. The number of carboxylic acids is 3. The summed E-state index contributed by atoms with van der Waals surface area (Å²) in [7, 11) is 0. The number of hydrogen-bond donors (Lipinski definition) is 9. The van der Waals surface area contributed by atoms with Gasteiger partial charge in [0.05, 0.1) is 18.0 Å². The molecule has 0 aromatic carbocycles. The fraction of sp³-hybridized carbons (Fsp3) is 0.200. The topological polar surface area (TPSA) is 379 Å². The van der Waals surface area contributed by atoms with Crippen molar-refractivity contribution in [3.05, 3.63) is 35.4 Å². The molecule has 4 atom stereocenters. The van der Waals surface area contributed by atoms with Crippen LogP contribution in [0, 0.1) is 0 Å². The van der Waals surface area contributed by atoms with Crippen LogP contribution in [-0.2, 0) is 19.2 Å². The second-order valence-electron chi connectivity index (χ2n) is 7.56. The normalized spacial score (nSPS) is 13.4. The second kappa shape index (κ2) is 16.4. The minimum absolute atomic E-state index is 0. The number of aliphatic hydroxyl groups is 4. The van der Waals surface area contributed by atoms with E-state index in [1.165, 1.54) is 18.3 Å². The summed E-state index contributed by atoms with van der Waals surface area (Å²) >= 11 is 5.42. The summed E-state index contributed by atoms with van der Waals surface area (Å²) in [4.78, 5) is 76.1. The van der Waals surface area contributed by atoms with Crippen molar-refractivity contribution in [2.45, 2.75) is 24.4 Å². The van der Waals surface area contributed by atoms with Crippen LogP contribution in [0.25, 0.3) is 5.95 Å². The number of aromatic carboxylic acids is 1. The SMILES string of the molecule is [2H]Nc1nc(Cl)nc(OC(=O)C(O)C(O)C(=O)O)n1.[2H]Nc1nc(OC(=O)C(O)C(O)C(=O)O)nc(-[n+]2cccc(C(=O)O)c2)n1.[Cl-]. The quantitative estimate of drug-likeness (QED) is 0.0632. The van der Waals surface area contributed by atoms with Gasteiger partial charge in [-0.1, -0.05) is 0 Å². The predicted octanol–water partition coefficient (Wildman–Crippen LogP) is -8.04. The third-order valence-corrected chi connectivity index (χ3v) is 4.61.